The normalized spacial score (nSPS) is 17.3. The molecule has 34 heavy (non-hydrogen) atoms. The van der Waals surface area contributed by atoms with Crippen molar-refractivity contribution in [3.63, 3.8) is 0 Å². The van der Waals surface area contributed by atoms with Gasteiger partial charge in [0.05, 0.1) is 11.1 Å². The van der Waals surface area contributed by atoms with Gasteiger partial charge in [-0.05, 0) is 36.2 Å². The van der Waals surface area contributed by atoms with E-state index in [2.05, 4.69) is 10.3 Å². The first-order chi connectivity index (χ1) is 16.0. The Morgan fingerprint density at radius 1 is 1.06 bits per heavy atom. The maximum Gasteiger partial charge on any atom is 0.407 e. The predicted octanol–water partition coefficient (Wildman–Crippen LogP) is 5.67. The minimum atomic E-state index is -4.63. The van der Waals surface area contributed by atoms with E-state index in [1.807, 2.05) is 0 Å². The number of hydrogen-bond acceptors (Lipinski definition) is 4. The molecule has 1 saturated heterocycles. The molecule has 3 aromatic rings. The summed E-state index contributed by atoms with van der Waals surface area (Å²) in [5.41, 5.74) is 5.97. The fourth-order valence-corrected chi connectivity index (χ4v) is 3.99. The molecule has 3 N–H and O–H groups in total. The Morgan fingerprint density at radius 2 is 1.82 bits per heavy atom. The summed E-state index contributed by atoms with van der Waals surface area (Å²) in [4.78, 5) is 19.5. The Kier molecular flexibility index (Phi) is 6.44. The number of para-hydroxylation sites is 1. The van der Waals surface area contributed by atoms with Gasteiger partial charge in [0.15, 0.2) is 0 Å². The lowest BCUT2D eigenvalue weighted by molar-refractivity contribution is -0.149. The number of alkyl halides is 5. The molecule has 1 aliphatic heterocycles. The van der Waals surface area contributed by atoms with Crippen molar-refractivity contribution < 1.29 is 26.7 Å². The van der Waals surface area contributed by atoms with Crippen LogP contribution in [-0.4, -0.2) is 36.1 Å². The summed E-state index contributed by atoms with van der Waals surface area (Å²) in [6.45, 7) is 0.325. The van der Waals surface area contributed by atoms with Crippen LogP contribution in [0, 0.1) is 0 Å². The van der Waals surface area contributed by atoms with Gasteiger partial charge in [0.25, 0.3) is 5.91 Å². The van der Waals surface area contributed by atoms with Gasteiger partial charge in [-0.25, -0.2) is 13.8 Å². The number of halogens is 5. The van der Waals surface area contributed by atoms with Crippen molar-refractivity contribution in [3.05, 3.63) is 65.7 Å². The molecule has 1 atom stereocenters. The first-order valence-electron chi connectivity index (χ1n) is 10.8. The van der Waals surface area contributed by atoms with Crippen LogP contribution >= 0.6 is 0 Å². The molecule has 10 heteroatoms. The molecule has 1 unspecified atom stereocenters. The minimum absolute atomic E-state index is 0.0224. The van der Waals surface area contributed by atoms with Gasteiger partial charge in [0, 0.05) is 37.0 Å². The lowest BCUT2D eigenvalue weighted by Gasteiger charge is -2.24. The SMILES string of the molecule is NC(c1cccc(NC(=O)c2cc3ccccc3nc2N2CCCC(F)(F)CC2)c1)C(F)(F)F. The number of nitrogens with two attached hydrogens (primary N) is 1. The van der Waals surface area contributed by atoms with E-state index in [0.29, 0.717) is 17.4 Å². The molecule has 0 spiro atoms. The van der Waals surface area contributed by atoms with E-state index in [-0.39, 0.29) is 48.4 Å². The van der Waals surface area contributed by atoms with Gasteiger partial charge < -0.3 is 16.0 Å². The first kappa shape index (κ1) is 23.9. The average Bonchev–Trinajstić information content (AvgIpc) is 2.97. The molecule has 0 saturated carbocycles. The maximum absolute atomic E-state index is 13.9. The van der Waals surface area contributed by atoms with E-state index in [9.17, 15) is 26.7 Å². The molecule has 0 bridgehead atoms. The highest BCUT2D eigenvalue weighted by Crippen LogP contribution is 2.33. The van der Waals surface area contributed by atoms with Crippen molar-refractivity contribution in [3.8, 4) is 0 Å². The standard InChI is InChI=1S/C24H23F5N4O/c25-23(26)9-4-11-33(12-10-23)21-18(14-15-5-1-2-8-19(15)32-21)22(34)31-17-7-3-6-16(13-17)20(30)24(27,28)29/h1-3,5-8,13-14,20H,4,9-12,30H2,(H,31,34). The fourth-order valence-electron chi connectivity index (χ4n) is 3.99. The Hall–Kier alpha value is -3.27. The second-order valence-electron chi connectivity index (χ2n) is 8.35. The highest BCUT2D eigenvalue weighted by Gasteiger charge is 2.38. The molecule has 1 aromatic heterocycles. The molecule has 1 aliphatic rings. The molecule has 180 valence electrons. The van der Waals surface area contributed by atoms with E-state index < -0.39 is 24.0 Å². The van der Waals surface area contributed by atoms with Crippen LogP contribution < -0.4 is 16.0 Å². The van der Waals surface area contributed by atoms with Crippen LogP contribution in [0.1, 0.15) is 41.2 Å². The number of nitrogens with one attached hydrogen (secondary N) is 1. The van der Waals surface area contributed by atoms with Crippen LogP contribution in [0.25, 0.3) is 10.9 Å². The monoisotopic (exact) mass is 478 g/mol. The van der Waals surface area contributed by atoms with Crippen LogP contribution in [0.5, 0.6) is 0 Å². The molecule has 2 aromatic carbocycles. The van der Waals surface area contributed by atoms with Crippen LogP contribution in [0.4, 0.5) is 33.5 Å². The molecule has 5 nitrogen and oxygen atoms in total. The molecule has 0 radical (unpaired) electrons. The topological polar surface area (TPSA) is 71.2 Å². The Balaban J connectivity index is 1.68. The van der Waals surface area contributed by atoms with E-state index in [1.165, 1.54) is 18.2 Å². The highest BCUT2D eigenvalue weighted by atomic mass is 19.4. The summed E-state index contributed by atoms with van der Waals surface area (Å²) in [7, 11) is 0. The Bertz CT molecular complexity index is 1200. The number of benzene rings is 2. The van der Waals surface area contributed by atoms with E-state index in [1.54, 1.807) is 35.2 Å². The molecular weight excluding hydrogens is 455 g/mol. The van der Waals surface area contributed by atoms with Crippen molar-refractivity contribution in [2.45, 2.75) is 37.4 Å². The van der Waals surface area contributed by atoms with Gasteiger partial charge in [0.2, 0.25) is 5.92 Å². The minimum Gasteiger partial charge on any atom is -0.356 e. The van der Waals surface area contributed by atoms with Gasteiger partial charge in [-0.2, -0.15) is 13.2 Å². The number of fused-ring (bicyclic) bond motifs is 1. The van der Waals surface area contributed by atoms with Crippen LogP contribution in [0.15, 0.2) is 54.6 Å². The quantitative estimate of drug-likeness (QED) is 0.474. The third-order valence-electron chi connectivity index (χ3n) is 5.82. The number of aromatic nitrogens is 1. The van der Waals surface area contributed by atoms with Gasteiger partial charge >= 0.3 is 6.18 Å². The first-order valence-corrected chi connectivity index (χ1v) is 10.8. The number of hydrogen-bond donors (Lipinski definition) is 2. The fraction of sp³-hybridized carbons (Fsp3) is 0.333. The predicted molar refractivity (Wildman–Crippen MR) is 120 cm³/mol. The van der Waals surface area contributed by atoms with Crippen LogP contribution in [0.3, 0.4) is 0 Å². The second-order valence-corrected chi connectivity index (χ2v) is 8.35. The zero-order valence-corrected chi connectivity index (χ0v) is 18.1. The molecule has 0 aliphatic carbocycles. The van der Waals surface area contributed by atoms with Crippen molar-refractivity contribution in [2.75, 3.05) is 23.3 Å². The average molecular weight is 478 g/mol. The van der Waals surface area contributed by atoms with Crippen molar-refractivity contribution >= 4 is 28.3 Å². The van der Waals surface area contributed by atoms with E-state index >= 15 is 0 Å². The molecule has 1 fully saturated rings. The van der Waals surface area contributed by atoms with Crippen molar-refractivity contribution in [1.82, 2.24) is 4.98 Å². The highest BCUT2D eigenvalue weighted by molar-refractivity contribution is 6.09. The summed E-state index contributed by atoms with van der Waals surface area (Å²) in [6.07, 6.45) is -5.00. The van der Waals surface area contributed by atoms with Crippen molar-refractivity contribution in [1.29, 1.82) is 0 Å². The Morgan fingerprint density at radius 3 is 2.59 bits per heavy atom. The third kappa shape index (κ3) is 5.27. The van der Waals surface area contributed by atoms with E-state index in [0.717, 1.165) is 6.07 Å². The summed E-state index contributed by atoms with van der Waals surface area (Å²) < 4.78 is 66.9. The van der Waals surface area contributed by atoms with Crippen LogP contribution in [0.2, 0.25) is 0 Å². The molecule has 1 amide bonds. The van der Waals surface area contributed by atoms with Gasteiger partial charge in [0.1, 0.15) is 11.9 Å². The van der Waals surface area contributed by atoms with E-state index in [4.69, 9.17) is 5.73 Å². The summed E-state index contributed by atoms with van der Waals surface area (Å²) >= 11 is 0. The number of carbonyl (C=O) groups excluding carboxylic acids is 1. The zero-order valence-electron chi connectivity index (χ0n) is 18.1. The number of nitrogens with zero attached hydrogens (tertiary/aromatic N) is 2. The summed E-state index contributed by atoms with van der Waals surface area (Å²) in [5.74, 6) is -3.13. The number of anilines is 2. The second kappa shape index (κ2) is 9.17. The smallest absolute Gasteiger partial charge is 0.356 e. The molecular formula is C24H23F5N4O. The lowest BCUT2D eigenvalue weighted by Crippen LogP contribution is -2.29. The third-order valence-corrected chi connectivity index (χ3v) is 5.82. The van der Waals surface area contributed by atoms with Gasteiger partial charge in [-0.3, -0.25) is 4.79 Å². The lowest BCUT2D eigenvalue weighted by atomic mass is 10.1. The van der Waals surface area contributed by atoms with Gasteiger partial charge in [-0.1, -0.05) is 30.3 Å². The van der Waals surface area contributed by atoms with Crippen LogP contribution in [-0.2, 0) is 0 Å². The number of pyridine rings is 1. The number of rotatable bonds is 4. The maximum atomic E-state index is 13.9. The van der Waals surface area contributed by atoms with Gasteiger partial charge in [-0.15, -0.1) is 0 Å². The zero-order chi connectivity index (χ0) is 24.5. The summed E-state index contributed by atoms with van der Waals surface area (Å²) in [6, 6.07) is 11.7. The number of carbonyl (C=O) groups is 1. The molecule has 2 heterocycles. The largest absolute Gasteiger partial charge is 0.407 e. The summed E-state index contributed by atoms with van der Waals surface area (Å²) in [5, 5.41) is 3.28. The van der Waals surface area contributed by atoms with Crippen molar-refractivity contribution in [2.24, 2.45) is 5.73 Å². The molecule has 4 rings (SSSR count). The Labute approximate surface area is 192 Å². The number of amides is 1.